The third-order valence-electron chi connectivity index (χ3n) is 5.17. The van der Waals surface area contributed by atoms with Crippen LogP contribution in [0.1, 0.15) is 6.42 Å². The highest BCUT2D eigenvalue weighted by molar-refractivity contribution is 7.86. The largest absolute Gasteiger partial charge is 0.476 e. The predicted octanol–water partition coefficient (Wildman–Crippen LogP) is 0.492. The van der Waals surface area contributed by atoms with Gasteiger partial charge in [-0.15, -0.1) is 11.3 Å². The summed E-state index contributed by atoms with van der Waals surface area (Å²) in [4.78, 5) is 41.2. The Bertz CT molecular complexity index is 1000. The first-order valence-electron chi connectivity index (χ1n) is 8.39. The van der Waals surface area contributed by atoms with Crippen LogP contribution in [0.3, 0.4) is 0 Å². The summed E-state index contributed by atoms with van der Waals surface area (Å²) in [6.07, 6.45) is 1.11. The Morgan fingerprint density at radius 3 is 2.68 bits per heavy atom. The van der Waals surface area contributed by atoms with Gasteiger partial charge in [-0.3, -0.25) is 14.6 Å². The van der Waals surface area contributed by atoms with Gasteiger partial charge >= 0.3 is 22.1 Å². The zero-order chi connectivity index (χ0) is 20.4. The minimum absolute atomic E-state index is 0.184. The third-order valence-corrected chi connectivity index (χ3v) is 6.59. The van der Waals surface area contributed by atoms with Gasteiger partial charge in [-0.25, -0.2) is 9.59 Å². The number of carbonyl (C=O) groups excluding carboxylic acids is 2. The molecule has 1 N–H and O–H groups in total. The van der Waals surface area contributed by atoms with E-state index in [2.05, 4.69) is 0 Å². The lowest BCUT2D eigenvalue weighted by Gasteiger charge is -2.53. The number of piperidine rings is 1. The number of nitrogens with zero attached hydrogens (tertiary/aromatic N) is 3. The topological polar surface area (TPSA) is 125 Å². The fourth-order valence-corrected chi connectivity index (χ4v) is 5.29. The van der Waals surface area contributed by atoms with Crippen molar-refractivity contribution in [2.24, 2.45) is 5.92 Å². The second-order valence-corrected chi connectivity index (χ2v) is 9.33. The van der Waals surface area contributed by atoms with Crippen molar-refractivity contribution in [3.8, 4) is 0 Å². The van der Waals surface area contributed by atoms with E-state index in [-0.39, 0.29) is 24.8 Å². The highest BCUT2D eigenvalue weighted by atomic mass is 32.2. The number of β-lactam (4-membered cyclic amide) rings is 1. The van der Waals surface area contributed by atoms with E-state index in [9.17, 15) is 27.9 Å². The number of amides is 3. The molecule has 3 aliphatic rings. The number of anilines is 1. The zero-order valence-electron chi connectivity index (χ0n) is 14.9. The van der Waals surface area contributed by atoms with Crippen molar-refractivity contribution >= 4 is 44.4 Å². The van der Waals surface area contributed by atoms with Crippen molar-refractivity contribution in [3.63, 3.8) is 0 Å². The van der Waals surface area contributed by atoms with Gasteiger partial charge in [-0.05, 0) is 23.9 Å². The van der Waals surface area contributed by atoms with E-state index in [0.29, 0.717) is 5.00 Å². The molecular weight excluding hydrogens is 410 g/mol. The van der Waals surface area contributed by atoms with Gasteiger partial charge in [0, 0.05) is 19.5 Å². The lowest BCUT2D eigenvalue weighted by Crippen LogP contribution is -2.74. The summed E-state index contributed by atoms with van der Waals surface area (Å²) >= 11 is 1.38. The number of rotatable bonds is 4. The smallest absolute Gasteiger partial charge is 0.356 e. The van der Waals surface area contributed by atoms with Crippen molar-refractivity contribution in [1.82, 2.24) is 9.80 Å². The molecule has 1 aromatic rings. The monoisotopic (exact) mass is 427 g/mol. The molecule has 3 atom stereocenters. The van der Waals surface area contributed by atoms with Crippen molar-refractivity contribution in [3.05, 3.63) is 29.0 Å². The van der Waals surface area contributed by atoms with Gasteiger partial charge in [0.1, 0.15) is 6.04 Å². The fourth-order valence-electron chi connectivity index (χ4n) is 4.08. The molecule has 150 valence electrons. The molecule has 0 spiro atoms. The first kappa shape index (κ1) is 18.7. The molecule has 3 aliphatic heterocycles. The number of carboxylic acids is 1. The molecule has 4 heterocycles. The highest BCUT2D eigenvalue weighted by Gasteiger charge is 2.66. The number of hydrogen-bond donors (Lipinski definition) is 1. The molecule has 0 aliphatic carbocycles. The predicted molar refractivity (Wildman–Crippen MR) is 97.9 cm³/mol. The molecule has 3 amide bonds. The van der Waals surface area contributed by atoms with E-state index < -0.39 is 45.7 Å². The molecule has 0 saturated carbocycles. The number of hydrogen-bond acceptors (Lipinski definition) is 7. The Balaban J connectivity index is 1.64. The van der Waals surface area contributed by atoms with Gasteiger partial charge in [0.2, 0.25) is 0 Å². The molecule has 1 unspecified atom stereocenters. The van der Waals surface area contributed by atoms with Gasteiger partial charge in [0.15, 0.2) is 11.5 Å². The average molecular weight is 427 g/mol. The molecule has 0 radical (unpaired) electrons. The van der Waals surface area contributed by atoms with Crippen LogP contribution in [0.2, 0.25) is 0 Å². The summed E-state index contributed by atoms with van der Waals surface area (Å²) in [6.45, 7) is 0.184. The number of aliphatic carboxylic acids is 1. The van der Waals surface area contributed by atoms with Gasteiger partial charge in [-0.1, -0.05) is 0 Å². The zero-order valence-corrected chi connectivity index (χ0v) is 16.6. The molecule has 4 rings (SSSR count). The summed E-state index contributed by atoms with van der Waals surface area (Å²) in [5.74, 6) is -2.80. The van der Waals surface area contributed by atoms with Crippen molar-refractivity contribution in [2.75, 3.05) is 24.7 Å². The van der Waals surface area contributed by atoms with E-state index in [0.717, 1.165) is 11.2 Å². The lowest BCUT2D eigenvalue weighted by molar-refractivity contribution is -0.160. The Kier molecular flexibility index (Phi) is 4.16. The van der Waals surface area contributed by atoms with Crippen LogP contribution in [0.25, 0.3) is 0 Å². The van der Waals surface area contributed by atoms with Crippen LogP contribution >= 0.6 is 11.3 Å². The molecule has 10 nitrogen and oxygen atoms in total. The fraction of sp³-hybridized carbons (Fsp3) is 0.438. The standard InChI is InChI=1S/C16H17N3O7S2/c1-17(9-4-3-7-27-9)16(23)18-6-5-8-10-11(18)14(20)19(10)12(15(21)22)13(8)26-28(2,24)25/h3-4,7-8,10-11H,5-6H2,1-2H3,(H,21,22)/t8?,10-,11+/m1/s1. The molecule has 2 fully saturated rings. The maximum absolute atomic E-state index is 12.9. The summed E-state index contributed by atoms with van der Waals surface area (Å²) < 4.78 is 28.2. The Morgan fingerprint density at radius 2 is 2.11 bits per heavy atom. The molecule has 28 heavy (non-hydrogen) atoms. The number of urea groups is 1. The minimum atomic E-state index is -3.97. The first-order valence-corrected chi connectivity index (χ1v) is 11.1. The van der Waals surface area contributed by atoms with Gasteiger partial charge in [-0.2, -0.15) is 8.42 Å². The van der Waals surface area contributed by atoms with Gasteiger partial charge in [0.25, 0.3) is 5.91 Å². The highest BCUT2D eigenvalue weighted by Crippen LogP contribution is 2.49. The molecule has 12 heteroatoms. The molecule has 2 saturated heterocycles. The Labute approximate surface area is 164 Å². The molecule has 1 aromatic heterocycles. The van der Waals surface area contributed by atoms with Crippen LogP contribution in [0.5, 0.6) is 0 Å². The Hall–Kier alpha value is -2.60. The maximum atomic E-state index is 12.9. The first-order chi connectivity index (χ1) is 13.1. The van der Waals surface area contributed by atoms with Crippen LogP contribution in [0.15, 0.2) is 29.0 Å². The number of thiophene rings is 1. The number of likely N-dealkylation sites (tertiary alicyclic amines) is 1. The molecule has 0 aromatic carbocycles. The third kappa shape index (κ3) is 2.66. The van der Waals surface area contributed by atoms with Crippen molar-refractivity contribution in [2.45, 2.75) is 18.5 Å². The van der Waals surface area contributed by atoms with Crippen LogP contribution in [-0.4, -0.2) is 73.2 Å². The van der Waals surface area contributed by atoms with Crippen LogP contribution in [0, 0.1) is 5.92 Å². The van der Waals surface area contributed by atoms with Gasteiger partial charge < -0.3 is 14.2 Å². The van der Waals surface area contributed by atoms with E-state index in [4.69, 9.17) is 4.18 Å². The van der Waals surface area contributed by atoms with Crippen LogP contribution < -0.4 is 4.90 Å². The summed E-state index contributed by atoms with van der Waals surface area (Å²) in [5, 5.41) is 12.1. The normalized spacial score (nSPS) is 26.1. The second-order valence-electron chi connectivity index (χ2n) is 6.83. The SMILES string of the molecule is CN(C(=O)N1CCC2C(OS(C)(=O)=O)=C(C(=O)O)N3C(=O)[C@@H]1[C@@H]23)c1cccs1. The lowest BCUT2D eigenvalue weighted by atomic mass is 9.80. The van der Waals surface area contributed by atoms with Crippen molar-refractivity contribution in [1.29, 1.82) is 0 Å². The number of carbonyl (C=O) groups is 3. The molecule has 0 bridgehead atoms. The summed E-state index contributed by atoms with van der Waals surface area (Å²) in [5.41, 5.74) is -0.456. The Morgan fingerprint density at radius 1 is 1.39 bits per heavy atom. The van der Waals surface area contributed by atoms with E-state index in [1.165, 1.54) is 21.1 Å². The summed E-state index contributed by atoms with van der Waals surface area (Å²) in [7, 11) is -2.36. The van der Waals surface area contributed by atoms with E-state index in [1.807, 2.05) is 5.38 Å². The average Bonchev–Trinajstić information content (AvgIpc) is 3.24. The molecular formula is C16H17N3O7S2. The maximum Gasteiger partial charge on any atom is 0.356 e. The van der Waals surface area contributed by atoms with Gasteiger partial charge in [0.05, 0.1) is 17.3 Å². The van der Waals surface area contributed by atoms with Crippen molar-refractivity contribution < 1.29 is 32.1 Å². The second kappa shape index (κ2) is 6.21. The quantitative estimate of drug-likeness (QED) is 0.548. The summed E-state index contributed by atoms with van der Waals surface area (Å²) in [6, 6.07) is 1.74. The van der Waals surface area contributed by atoms with E-state index >= 15 is 0 Å². The van der Waals surface area contributed by atoms with Crippen LogP contribution in [0.4, 0.5) is 9.80 Å². The van der Waals surface area contributed by atoms with E-state index in [1.54, 1.807) is 19.2 Å². The number of carboxylic acid groups (broad SMARTS) is 1. The van der Waals surface area contributed by atoms with Crippen LogP contribution in [-0.2, 0) is 23.9 Å². The minimum Gasteiger partial charge on any atom is -0.476 e.